The summed E-state index contributed by atoms with van der Waals surface area (Å²) in [5.41, 5.74) is 0.673. The Morgan fingerprint density at radius 3 is 2.41 bits per heavy atom. The maximum Gasteiger partial charge on any atom is 0.291 e. The standard InChI is InChI=1S/C12H19N3O2/c1-7-5-15(6-8(2)13-7)12(16)11-9(3)14-10(4)17-11/h7-8,13H,5-6H2,1-4H3/t7-,8-/m1/s1. The minimum atomic E-state index is -0.0525. The van der Waals surface area contributed by atoms with Crippen molar-refractivity contribution >= 4 is 5.91 Å². The lowest BCUT2D eigenvalue weighted by Crippen LogP contribution is -2.55. The fourth-order valence-electron chi connectivity index (χ4n) is 2.37. The smallest absolute Gasteiger partial charge is 0.291 e. The van der Waals surface area contributed by atoms with Gasteiger partial charge in [-0.15, -0.1) is 0 Å². The van der Waals surface area contributed by atoms with E-state index in [9.17, 15) is 4.79 Å². The molecule has 1 N–H and O–H groups in total. The number of aromatic nitrogens is 1. The number of aryl methyl sites for hydroxylation is 2. The lowest BCUT2D eigenvalue weighted by Gasteiger charge is -2.35. The van der Waals surface area contributed by atoms with Gasteiger partial charge in [0.1, 0.15) is 0 Å². The van der Waals surface area contributed by atoms with Crippen LogP contribution in [0.4, 0.5) is 0 Å². The zero-order chi connectivity index (χ0) is 12.6. The Hall–Kier alpha value is -1.36. The molecule has 5 nitrogen and oxygen atoms in total. The zero-order valence-electron chi connectivity index (χ0n) is 10.8. The number of piperazine rings is 1. The summed E-state index contributed by atoms with van der Waals surface area (Å²) in [6, 6.07) is 0.624. The minimum absolute atomic E-state index is 0.0525. The highest BCUT2D eigenvalue weighted by atomic mass is 16.4. The van der Waals surface area contributed by atoms with Gasteiger partial charge in [0, 0.05) is 32.1 Å². The van der Waals surface area contributed by atoms with Crippen LogP contribution in [0.1, 0.15) is 36.0 Å². The van der Waals surface area contributed by atoms with E-state index >= 15 is 0 Å². The van der Waals surface area contributed by atoms with Crippen LogP contribution in [-0.4, -0.2) is 41.0 Å². The molecular formula is C12H19N3O2. The van der Waals surface area contributed by atoms with Crippen molar-refractivity contribution in [2.45, 2.75) is 39.8 Å². The molecule has 1 aromatic rings. The van der Waals surface area contributed by atoms with Gasteiger partial charge in [0.2, 0.25) is 5.76 Å². The van der Waals surface area contributed by atoms with E-state index in [2.05, 4.69) is 24.1 Å². The van der Waals surface area contributed by atoms with Crippen LogP contribution in [0.3, 0.4) is 0 Å². The van der Waals surface area contributed by atoms with E-state index < -0.39 is 0 Å². The number of rotatable bonds is 1. The summed E-state index contributed by atoms with van der Waals surface area (Å²) in [6.45, 7) is 9.14. The summed E-state index contributed by atoms with van der Waals surface area (Å²) in [6.07, 6.45) is 0. The molecule has 2 atom stereocenters. The van der Waals surface area contributed by atoms with Crippen molar-refractivity contribution < 1.29 is 9.21 Å². The Labute approximate surface area is 101 Å². The lowest BCUT2D eigenvalue weighted by molar-refractivity contribution is 0.0639. The van der Waals surface area contributed by atoms with Gasteiger partial charge in [0.15, 0.2) is 5.89 Å². The largest absolute Gasteiger partial charge is 0.436 e. The molecule has 0 aromatic carbocycles. The maximum atomic E-state index is 12.3. The molecule has 0 bridgehead atoms. The highest BCUT2D eigenvalue weighted by molar-refractivity contribution is 5.92. The summed E-state index contributed by atoms with van der Waals surface area (Å²) in [5, 5.41) is 3.40. The van der Waals surface area contributed by atoms with Gasteiger partial charge in [-0.1, -0.05) is 0 Å². The monoisotopic (exact) mass is 237 g/mol. The average Bonchev–Trinajstić information content (AvgIpc) is 2.55. The van der Waals surface area contributed by atoms with Crippen molar-refractivity contribution in [3.8, 4) is 0 Å². The number of nitrogens with one attached hydrogen (secondary N) is 1. The van der Waals surface area contributed by atoms with Crippen molar-refractivity contribution in [1.82, 2.24) is 15.2 Å². The molecule has 0 spiro atoms. The van der Waals surface area contributed by atoms with Crippen LogP contribution in [0.5, 0.6) is 0 Å². The van der Waals surface area contributed by atoms with Crippen molar-refractivity contribution in [2.75, 3.05) is 13.1 Å². The van der Waals surface area contributed by atoms with Gasteiger partial charge in [0.05, 0.1) is 5.69 Å². The van der Waals surface area contributed by atoms with E-state index in [4.69, 9.17) is 4.42 Å². The number of nitrogens with zero attached hydrogens (tertiary/aromatic N) is 2. The first-order valence-corrected chi connectivity index (χ1v) is 5.96. The van der Waals surface area contributed by atoms with Crippen LogP contribution < -0.4 is 5.32 Å². The van der Waals surface area contributed by atoms with Crippen LogP contribution in [0.15, 0.2) is 4.42 Å². The van der Waals surface area contributed by atoms with E-state index in [1.807, 2.05) is 4.90 Å². The molecule has 1 fully saturated rings. The second kappa shape index (κ2) is 4.49. The third-order valence-electron chi connectivity index (χ3n) is 2.94. The molecule has 1 amide bonds. The van der Waals surface area contributed by atoms with Gasteiger partial charge in [-0.2, -0.15) is 0 Å². The van der Waals surface area contributed by atoms with Crippen molar-refractivity contribution in [1.29, 1.82) is 0 Å². The number of carbonyl (C=O) groups excluding carboxylic acids is 1. The summed E-state index contributed by atoms with van der Waals surface area (Å²) >= 11 is 0. The molecule has 0 saturated carbocycles. The molecule has 5 heteroatoms. The first-order valence-electron chi connectivity index (χ1n) is 5.96. The Bertz CT molecular complexity index is 417. The van der Waals surface area contributed by atoms with E-state index in [0.717, 1.165) is 0 Å². The number of amides is 1. The summed E-state index contributed by atoms with van der Waals surface area (Å²) in [7, 11) is 0. The quantitative estimate of drug-likeness (QED) is 0.795. The highest BCUT2D eigenvalue weighted by Crippen LogP contribution is 2.15. The Morgan fingerprint density at radius 2 is 1.94 bits per heavy atom. The van der Waals surface area contributed by atoms with Crippen LogP contribution in [-0.2, 0) is 0 Å². The zero-order valence-corrected chi connectivity index (χ0v) is 10.8. The van der Waals surface area contributed by atoms with Crippen LogP contribution >= 0.6 is 0 Å². The second-order valence-electron chi connectivity index (χ2n) is 4.83. The van der Waals surface area contributed by atoms with Crippen molar-refractivity contribution in [3.05, 3.63) is 17.3 Å². The molecule has 0 aliphatic carbocycles. The van der Waals surface area contributed by atoms with E-state index in [-0.39, 0.29) is 5.91 Å². The predicted molar refractivity (Wildman–Crippen MR) is 63.9 cm³/mol. The molecule has 0 radical (unpaired) electrons. The minimum Gasteiger partial charge on any atom is -0.436 e. The van der Waals surface area contributed by atoms with E-state index in [1.54, 1.807) is 13.8 Å². The average molecular weight is 237 g/mol. The van der Waals surface area contributed by atoms with E-state index in [0.29, 0.717) is 42.5 Å². The van der Waals surface area contributed by atoms with Gasteiger partial charge in [-0.3, -0.25) is 4.79 Å². The molecule has 2 heterocycles. The number of oxazole rings is 1. The third kappa shape index (κ3) is 2.49. The Kier molecular flexibility index (Phi) is 3.19. The molecule has 94 valence electrons. The van der Waals surface area contributed by atoms with Gasteiger partial charge >= 0.3 is 0 Å². The first kappa shape index (κ1) is 12.1. The van der Waals surface area contributed by atoms with Gasteiger partial charge < -0.3 is 14.6 Å². The SMILES string of the molecule is Cc1nc(C)c(C(=O)N2C[C@@H](C)N[C@H](C)C2)o1. The molecule has 1 aliphatic heterocycles. The Morgan fingerprint density at radius 1 is 1.35 bits per heavy atom. The Balaban J connectivity index is 2.17. The molecule has 0 unspecified atom stereocenters. The molecular weight excluding hydrogens is 218 g/mol. The number of hydrogen-bond donors (Lipinski definition) is 1. The van der Waals surface area contributed by atoms with Gasteiger partial charge in [-0.05, 0) is 20.8 Å². The topological polar surface area (TPSA) is 58.4 Å². The second-order valence-corrected chi connectivity index (χ2v) is 4.83. The normalized spacial score (nSPS) is 25.1. The van der Waals surface area contributed by atoms with Crippen LogP contribution in [0.2, 0.25) is 0 Å². The number of carbonyl (C=O) groups is 1. The van der Waals surface area contributed by atoms with Crippen LogP contribution in [0.25, 0.3) is 0 Å². The fraction of sp³-hybridized carbons (Fsp3) is 0.667. The van der Waals surface area contributed by atoms with Crippen molar-refractivity contribution in [2.24, 2.45) is 0 Å². The van der Waals surface area contributed by atoms with E-state index in [1.165, 1.54) is 0 Å². The van der Waals surface area contributed by atoms with Crippen LogP contribution in [0, 0.1) is 13.8 Å². The maximum absolute atomic E-state index is 12.3. The van der Waals surface area contributed by atoms with Gasteiger partial charge in [0.25, 0.3) is 5.91 Å². The third-order valence-corrected chi connectivity index (χ3v) is 2.94. The molecule has 1 aromatic heterocycles. The predicted octanol–water partition coefficient (Wildman–Crippen LogP) is 1.11. The summed E-state index contributed by atoms with van der Waals surface area (Å²) in [4.78, 5) is 18.3. The molecule has 1 saturated heterocycles. The fourth-order valence-corrected chi connectivity index (χ4v) is 2.37. The van der Waals surface area contributed by atoms with Gasteiger partial charge in [-0.25, -0.2) is 4.98 Å². The molecule has 2 rings (SSSR count). The first-order chi connectivity index (χ1) is 7.97. The number of hydrogen-bond acceptors (Lipinski definition) is 4. The lowest BCUT2D eigenvalue weighted by atomic mass is 10.1. The molecule has 17 heavy (non-hydrogen) atoms. The summed E-state index contributed by atoms with van der Waals surface area (Å²) < 4.78 is 5.38. The summed E-state index contributed by atoms with van der Waals surface area (Å²) in [5.74, 6) is 0.870. The molecule has 1 aliphatic rings. The van der Waals surface area contributed by atoms with Crippen molar-refractivity contribution in [3.63, 3.8) is 0 Å². The highest BCUT2D eigenvalue weighted by Gasteiger charge is 2.28.